The van der Waals surface area contributed by atoms with Crippen LogP contribution in [0.4, 0.5) is 5.69 Å². The summed E-state index contributed by atoms with van der Waals surface area (Å²) in [6, 6.07) is 42.2. The van der Waals surface area contributed by atoms with Crippen molar-refractivity contribution in [2.75, 3.05) is 4.90 Å². The van der Waals surface area contributed by atoms with E-state index in [4.69, 9.17) is 4.74 Å². The summed E-state index contributed by atoms with van der Waals surface area (Å²) in [4.78, 5) is 3.87. The van der Waals surface area contributed by atoms with Gasteiger partial charge in [0.05, 0.1) is 10.6 Å². The van der Waals surface area contributed by atoms with Gasteiger partial charge in [0.2, 0.25) is 0 Å². The van der Waals surface area contributed by atoms with E-state index in [0.717, 1.165) is 12.2 Å². The Hall–Kier alpha value is -4.86. The van der Waals surface area contributed by atoms with Crippen LogP contribution in [0.15, 0.2) is 145 Å². The molecule has 222 valence electrons. The van der Waals surface area contributed by atoms with Crippen molar-refractivity contribution in [2.24, 2.45) is 0 Å². The number of para-hydroxylation sites is 2. The lowest BCUT2D eigenvalue weighted by Gasteiger charge is -2.37. The van der Waals surface area contributed by atoms with Crippen LogP contribution in [-0.2, 0) is 5.41 Å². The van der Waals surface area contributed by atoms with Gasteiger partial charge in [-0.05, 0) is 70.8 Å². The Bertz CT molecular complexity index is 2320. The van der Waals surface area contributed by atoms with Gasteiger partial charge in [0.25, 0.3) is 0 Å². The fourth-order valence-corrected chi connectivity index (χ4v) is 9.92. The van der Waals surface area contributed by atoms with E-state index in [1.165, 1.54) is 70.6 Å². The predicted octanol–water partition coefficient (Wildman–Crippen LogP) is 11.4. The lowest BCUT2D eigenvalue weighted by atomic mass is 9.78. The zero-order valence-corrected chi connectivity index (χ0v) is 26.7. The highest BCUT2D eigenvalue weighted by Crippen LogP contribution is 2.59. The van der Waals surface area contributed by atoms with Crippen LogP contribution in [0.5, 0.6) is 5.75 Å². The number of anilines is 1. The van der Waals surface area contributed by atoms with Crippen LogP contribution in [0, 0.1) is 0 Å². The number of thiophene rings is 1. The molecule has 1 aliphatic heterocycles. The third kappa shape index (κ3) is 3.64. The Morgan fingerprint density at radius 2 is 1.50 bits per heavy atom. The summed E-state index contributed by atoms with van der Waals surface area (Å²) in [6.45, 7) is 4.82. The quantitative estimate of drug-likeness (QED) is 0.197. The molecule has 4 aliphatic rings. The Morgan fingerprint density at radius 3 is 2.37 bits per heavy atom. The molecule has 5 aromatic carbocycles. The molecule has 0 bridgehead atoms. The molecule has 0 N–H and O–H groups in total. The van der Waals surface area contributed by atoms with E-state index in [2.05, 4.69) is 152 Å². The lowest BCUT2D eigenvalue weighted by Crippen LogP contribution is -2.28. The van der Waals surface area contributed by atoms with Gasteiger partial charge in [-0.3, -0.25) is 0 Å². The van der Waals surface area contributed by atoms with E-state index in [-0.39, 0.29) is 17.4 Å². The largest absolute Gasteiger partial charge is 0.484 e. The number of nitrogens with zero attached hydrogens (tertiary/aromatic N) is 1. The van der Waals surface area contributed by atoms with E-state index < -0.39 is 0 Å². The fourth-order valence-electron chi connectivity index (χ4n) is 8.67. The van der Waals surface area contributed by atoms with Crippen molar-refractivity contribution in [3.8, 4) is 5.75 Å². The molecular formula is C43H33NOS. The maximum atomic E-state index is 6.76. The Labute approximate surface area is 273 Å². The van der Waals surface area contributed by atoms with Gasteiger partial charge in [0, 0.05) is 49.8 Å². The smallest absolute Gasteiger partial charge is 0.136 e. The predicted molar refractivity (Wildman–Crippen MR) is 192 cm³/mol. The normalized spacial score (nSPS) is 21.7. The first kappa shape index (κ1) is 26.4. The minimum absolute atomic E-state index is 0.00942. The molecule has 2 heterocycles. The highest BCUT2D eigenvalue weighted by molar-refractivity contribution is 7.20. The van der Waals surface area contributed by atoms with Crippen molar-refractivity contribution in [3.05, 3.63) is 172 Å². The van der Waals surface area contributed by atoms with E-state index in [9.17, 15) is 0 Å². The van der Waals surface area contributed by atoms with Gasteiger partial charge in [-0.15, -0.1) is 11.3 Å². The summed E-state index contributed by atoms with van der Waals surface area (Å²) in [5.41, 5.74) is 10.9. The zero-order valence-electron chi connectivity index (χ0n) is 25.9. The molecule has 46 heavy (non-hydrogen) atoms. The standard InChI is InChI=1S/C43H33NOS/c1-43(2)35-21-20-29(24-33(35)32-22-26-12-6-7-13-27(26)23-36(32)43)44(28-14-4-3-5-15-28)37-25-34-30-16-8-10-18-38(30)45-41(34)40-31-17-9-11-19-39(31)46-42(37)40/h3-23,25,33-34,41H,24H2,1-2H3. The second kappa shape index (κ2) is 9.57. The maximum absolute atomic E-state index is 6.76. The van der Waals surface area contributed by atoms with Crippen molar-refractivity contribution in [2.45, 2.75) is 43.6 Å². The van der Waals surface area contributed by atoms with Crippen molar-refractivity contribution >= 4 is 43.6 Å². The molecule has 0 saturated carbocycles. The number of fused-ring (bicyclic) bond motifs is 11. The van der Waals surface area contributed by atoms with Crippen LogP contribution in [0.2, 0.25) is 0 Å². The van der Waals surface area contributed by atoms with Crippen LogP contribution >= 0.6 is 11.3 Å². The topological polar surface area (TPSA) is 12.5 Å². The third-order valence-corrected chi connectivity index (χ3v) is 12.0. The van der Waals surface area contributed by atoms with Crippen molar-refractivity contribution in [1.29, 1.82) is 0 Å². The number of rotatable bonds is 3. The monoisotopic (exact) mass is 611 g/mol. The first-order chi connectivity index (χ1) is 22.6. The first-order valence-electron chi connectivity index (χ1n) is 16.3. The number of hydrogen-bond donors (Lipinski definition) is 0. The molecule has 3 unspecified atom stereocenters. The number of allylic oxidation sites excluding steroid dienone is 4. The maximum Gasteiger partial charge on any atom is 0.136 e. The average molecular weight is 612 g/mol. The Morgan fingerprint density at radius 1 is 0.761 bits per heavy atom. The van der Waals surface area contributed by atoms with Gasteiger partial charge in [-0.25, -0.2) is 0 Å². The van der Waals surface area contributed by atoms with Crippen LogP contribution < -0.4 is 9.64 Å². The van der Waals surface area contributed by atoms with E-state index >= 15 is 0 Å². The highest BCUT2D eigenvalue weighted by Gasteiger charge is 2.46. The summed E-state index contributed by atoms with van der Waals surface area (Å²) in [5.74, 6) is 1.50. The van der Waals surface area contributed by atoms with Crippen LogP contribution in [0.25, 0.3) is 26.6 Å². The third-order valence-electron chi connectivity index (χ3n) is 10.8. The number of ether oxygens (including phenoxy) is 1. The van der Waals surface area contributed by atoms with Crippen molar-refractivity contribution in [3.63, 3.8) is 0 Å². The zero-order chi connectivity index (χ0) is 30.6. The summed E-state index contributed by atoms with van der Waals surface area (Å²) in [7, 11) is 0. The fraction of sp³-hybridized carbons (Fsp3) is 0.163. The van der Waals surface area contributed by atoms with Gasteiger partial charge >= 0.3 is 0 Å². The van der Waals surface area contributed by atoms with Crippen LogP contribution in [0.1, 0.15) is 65.3 Å². The molecule has 3 atom stereocenters. The molecule has 1 aromatic heterocycles. The van der Waals surface area contributed by atoms with E-state index in [1.807, 2.05) is 11.3 Å². The molecule has 0 fully saturated rings. The van der Waals surface area contributed by atoms with Crippen LogP contribution in [-0.4, -0.2) is 0 Å². The minimum atomic E-state index is -0.0208. The molecule has 3 heteroatoms. The molecule has 3 aliphatic carbocycles. The second-order valence-corrected chi connectivity index (χ2v) is 14.7. The number of benzene rings is 5. The van der Waals surface area contributed by atoms with E-state index in [0.29, 0.717) is 5.92 Å². The Balaban J connectivity index is 1.17. The molecule has 0 amide bonds. The summed E-state index contributed by atoms with van der Waals surface area (Å²) in [6.07, 6.45) is 8.28. The molecule has 6 aromatic rings. The van der Waals surface area contributed by atoms with Gasteiger partial charge in [-0.1, -0.05) is 110 Å². The van der Waals surface area contributed by atoms with Crippen LogP contribution in [0.3, 0.4) is 0 Å². The summed E-state index contributed by atoms with van der Waals surface area (Å²) >= 11 is 1.90. The van der Waals surface area contributed by atoms with Gasteiger partial charge in [0.15, 0.2) is 0 Å². The highest BCUT2D eigenvalue weighted by atomic mass is 32.1. The van der Waals surface area contributed by atoms with Gasteiger partial charge < -0.3 is 9.64 Å². The summed E-state index contributed by atoms with van der Waals surface area (Å²) < 4.78 is 8.07. The number of hydrogen-bond acceptors (Lipinski definition) is 3. The van der Waals surface area contributed by atoms with Crippen molar-refractivity contribution in [1.82, 2.24) is 0 Å². The molecule has 2 nitrogen and oxygen atoms in total. The SMILES string of the molecule is CC1(C)C2=CC=C(N(C3=CC4c5ccccc5OC4c4c3sc3ccccc43)c3ccccc3)CC2c2cc3ccccc3cc21. The molecule has 0 radical (unpaired) electrons. The molecule has 10 rings (SSSR count). The lowest BCUT2D eigenvalue weighted by molar-refractivity contribution is 0.225. The van der Waals surface area contributed by atoms with Gasteiger partial charge in [-0.2, -0.15) is 0 Å². The van der Waals surface area contributed by atoms with Gasteiger partial charge in [0.1, 0.15) is 11.9 Å². The Kier molecular flexibility index (Phi) is 5.49. The van der Waals surface area contributed by atoms with Crippen molar-refractivity contribution < 1.29 is 4.74 Å². The average Bonchev–Trinajstić information content (AvgIpc) is 3.73. The molecular weight excluding hydrogens is 579 g/mol. The second-order valence-electron chi connectivity index (χ2n) is 13.6. The minimum Gasteiger partial charge on any atom is -0.484 e. The molecule has 0 saturated heterocycles. The first-order valence-corrected chi connectivity index (χ1v) is 17.2. The summed E-state index contributed by atoms with van der Waals surface area (Å²) in [5, 5.41) is 3.96. The molecule has 0 spiro atoms. The van der Waals surface area contributed by atoms with E-state index in [1.54, 1.807) is 0 Å².